The van der Waals surface area contributed by atoms with E-state index >= 15 is 0 Å². The number of rotatable bonds is 5. The molecule has 1 aliphatic rings. The molecule has 1 heterocycles. The Labute approximate surface area is 163 Å². The van der Waals surface area contributed by atoms with Gasteiger partial charge in [0.2, 0.25) is 0 Å². The highest BCUT2D eigenvalue weighted by atomic mass is 35.5. The quantitative estimate of drug-likeness (QED) is 0.839. The summed E-state index contributed by atoms with van der Waals surface area (Å²) >= 11 is 12.5. The number of hydrogen-bond acceptors (Lipinski definition) is 4. The second-order valence-corrected chi connectivity index (χ2v) is 7.01. The number of nitrogens with zero attached hydrogens (tertiary/aromatic N) is 2. The van der Waals surface area contributed by atoms with E-state index < -0.39 is 0 Å². The molecule has 0 radical (unpaired) electrons. The minimum absolute atomic E-state index is 0.127. The van der Waals surface area contributed by atoms with Crippen molar-refractivity contribution in [1.82, 2.24) is 4.90 Å². The van der Waals surface area contributed by atoms with Crippen LogP contribution in [0.3, 0.4) is 0 Å². The maximum absolute atomic E-state index is 12.3. The van der Waals surface area contributed by atoms with Crippen molar-refractivity contribution in [2.75, 3.05) is 50.1 Å². The highest BCUT2D eigenvalue weighted by Crippen LogP contribution is 2.34. The lowest BCUT2D eigenvalue weighted by Crippen LogP contribution is -2.45. The van der Waals surface area contributed by atoms with E-state index in [4.69, 9.17) is 27.9 Å². The van der Waals surface area contributed by atoms with Crippen molar-refractivity contribution in [2.45, 2.75) is 0 Å². The number of benzene rings is 2. The first-order chi connectivity index (χ1) is 12.5. The van der Waals surface area contributed by atoms with E-state index in [0.717, 1.165) is 31.9 Å². The molecule has 1 amide bonds. The van der Waals surface area contributed by atoms with Crippen LogP contribution in [0.4, 0.5) is 11.4 Å². The molecule has 7 heteroatoms. The van der Waals surface area contributed by atoms with Crippen molar-refractivity contribution >= 4 is 40.5 Å². The Morgan fingerprint density at radius 2 is 1.73 bits per heavy atom. The third-order valence-electron chi connectivity index (χ3n) is 4.28. The van der Waals surface area contributed by atoms with Gasteiger partial charge in [0.1, 0.15) is 5.75 Å². The van der Waals surface area contributed by atoms with Gasteiger partial charge in [0, 0.05) is 26.2 Å². The summed E-state index contributed by atoms with van der Waals surface area (Å²) in [4.78, 5) is 16.8. The molecule has 0 aliphatic carbocycles. The summed E-state index contributed by atoms with van der Waals surface area (Å²) in [6.45, 7) is 3.50. The van der Waals surface area contributed by atoms with Crippen molar-refractivity contribution in [3.8, 4) is 5.75 Å². The fourth-order valence-electron chi connectivity index (χ4n) is 2.86. The molecule has 5 nitrogen and oxygen atoms in total. The predicted octanol–water partition coefficient (Wildman–Crippen LogP) is 3.76. The molecule has 1 saturated heterocycles. The Balaban J connectivity index is 1.68. The van der Waals surface area contributed by atoms with Crippen LogP contribution in [0.1, 0.15) is 0 Å². The van der Waals surface area contributed by atoms with Crippen molar-refractivity contribution in [1.29, 1.82) is 0 Å². The largest absolute Gasteiger partial charge is 0.482 e. The standard InChI is InChI=1S/C19H21Cl2N3O2/c1-23-9-11-24(12-10-23)19-15(21)6-4-7-16(19)22-18(25)13-26-17-8-3-2-5-14(17)20/h2-8H,9-13H2,1H3,(H,22,25). The molecule has 1 N–H and O–H groups in total. The molecule has 138 valence electrons. The summed E-state index contributed by atoms with van der Waals surface area (Å²) in [5.74, 6) is 0.220. The van der Waals surface area contributed by atoms with Crippen LogP contribution in [0.25, 0.3) is 0 Å². The first-order valence-electron chi connectivity index (χ1n) is 8.44. The van der Waals surface area contributed by atoms with Gasteiger partial charge in [-0.15, -0.1) is 0 Å². The molecule has 2 aromatic carbocycles. The summed E-state index contributed by atoms with van der Waals surface area (Å²) in [5.41, 5.74) is 1.54. The third-order valence-corrected chi connectivity index (χ3v) is 4.89. The number of anilines is 2. The number of carbonyl (C=O) groups excluding carboxylic acids is 1. The summed E-state index contributed by atoms with van der Waals surface area (Å²) < 4.78 is 5.50. The van der Waals surface area contributed by atoms with Crippen molar-refractivity contribution < 1.29 is 9.53 Å². The van der Waals surface area contributed by atoms with E-state index in [-0.39, 0.29) is 12.5 Å². The summed E-state index contributed by atoms with van der Waals surface area (Å²) in [6.07, 6.45) is 0. The van der Waals surface area contributed by atoms with E-state index in [1.807, 2.05) is 30.3 Å². The van der Waals surface area contributed by atoms with Gasteiger partial charge in [-0.25, -0.2) is 0 Å². The molecular weight excluding hydrogens is 373 g/mol. The number of carbonyl (C=O) groups is 1. The first-order valence-corrected chi connectivity index (χ1v) is 9.19. The predicted molar refractivity (Wildman–Crippen MR) is 107 cm³/mol. The molecular formula is C19H21Cl2N3O2. The molecule has 0 bridgehead atoms. The van der Waals surface area contributed by atoms with Gasteiger partial charge in [0.25, 0.3) is 5.91 Å². The van der Waals surface area contributed by atoms with Crippen LogP contribution in [0.15, 0.2) is 42.5 Å². The van der Waals surface area contributed by atoms with Crippen molar-refractivity contribution in [2.24, 2.45) is 0 Å². The van der Waals surface area contributed by atoms with E-state index in [9.17, 15) is 4.79 Å². The molecule has 0 unspecified atom stereocenters. The summed E-state index contributed by atoms with van der Waals surface area (Å²) in [5, 5.41) is 4.00. The maximum atomic E-state index is 12.3. The van der Waals surface area contributed by atoms with Gasteiger partial charge < -0.3 is 19.9 Å². The van der Waals surface area contributed by atoms with Crippen LogP contribution < -0.4 is 15.0 Å². The third kappa shape index (κ3) is 4.61. The number of likely N-dealkylation sites (N-methyl/N-ethyl adjacent to an activating group) is 1. The lowest BCUT2D eigenvalue weighted by atomic mass is 10.2. The molecule has 3 rings (SSSR count). The van der Waals surface area contributed by atoms with Gasteiger partial charge in [-0.3, -0.25) is 4.79 Å². The van der Waals surface area contributed by atoms with Crippen molar-refractivity contribution in [3.05, 3.63) is 52.5 Å². The zero-order valence-corrected chi connectivity index (χ0v) is 16.1. The molecule has 0 aromatic heterocycles. The van der Waals surface area contributed by atoms with Crippen molar-refractivity contribution in [3.63, 3.8) is 0 Å². The fourth-order valence-corrected chi connectivity index (χ4v) is 3.34. The van der Waals surface area contributed by atoms with E-state index in [2.05, 4.69) is 22.2 Å². The SMILES string of the molecule is CN1CCN(c2c(Cl)cccc2NC(=O)COc2ccccc2Cl)CC1. The van der Waals surface area contributed by atoms with Crippen LogP contribution in [0, 0.1) is 0 Å². The molecule has 0 saturated carbocycles. The van der Waals surface area contributed by atoms with E-state index in [0.29, 0.717) is 21.5 Å². The van der Waals surface area contributed by atoms with Gasteiger partial charge in [-0.05, 0) is 31.3 Å². The molecule has 1 aliphatic heterocycles. The molecule has 0 spiro atoms. The van der Waals surface area contributed by atoms with Crippen LogP contribution in [-0.4, -0.2) is 50.6 Å². The Bertz CT molecular complexity index is 777. The molecule has 26 heavy (non-hydrogen) atoms. The first kappa shape index (κ1) is 18.8. The maximum Gasteiger partial charge on any atom is 0.262 e. The number of para-hydroxylation sites is 2. The average Bonchev–Trinajstić information content (AvgIpc) is 2.62. The van der Waals surface area contributed by atoms with Gasteiger partial charge in [-0.1, -0.05) is 41.4 Å². The van der Waals surface area contributed by atoms with Gasteiger partial charge >= 0.3 is 0 Å². The monoisotopic (exact) mass is 393 g/mol. The normalized spacial score (nSPS) is 15.0. The zero-order valence-electron chi connectivity index (χ0n) is 14.5. The van der Waals surface area contributed by atoms with E-state index in [1.54, 1.807) is 12.1 Å². The Hall–Kier alpha value is -1.95. The number of nitrogens with one attached hydrogen (secondary N) is 1. The summed E-state index contributed by atoms with van der Waals surface area (Å²) in [6, 6.07) is 12.6. The molecule has 2 aromatic rings. The van der Waals surface area contributed by atoms with Crippen LogP contribution in [0.2, 0.25) is 10.0 Å². The van der Waals surface area contributed by atoms with Gasteiger partial charge in [0.05, 0.1) is 21.4 Å². The van der Waals surface area contributed by atoms with E-state index in [1.165, 1.54) is 0 Å². The fraction of sp³-hybridized carbons (Fsp3) is 0.316. The minimum atomic E-state index is -0.262. The second kappa shape index (κ2) is 8.62. The number of piperazine rings is 1. The molecule has 1 fully saturated rings. The number of amides is 1. The second-order valence-electron chi connectivity index (χ2n) is 6.19. The number of ether oxygens (including phenoxy) is 1. The topological polar surface area (TPSA) is 44.8 Å². The minimum Gasteiger partial charge on any atom is -0.482 e. The molecule has 0 atom stereocenters. The van der Waals surface area contributed by atoms with Gasteiger partial charge in [0.15, 0.2) is 6.61 Å². The number of hydrogen-bond donors (Lipinski definition) is 1. The lowest BCUT2D eigenvalue weighted by molar-refractivity contribution is -0.118. The Morgan fingerprint density at radius 1 is 1.04 bits per heavy atom. The van der Waals surface area contributed by atoms with Crippen LogP contribution in [0.5, 0.6) is 5.75 Å². The highest BCUT2D eigenvalue weighted by Gasteiger charge is 2.20. The highest BCUT2D eigenvalue weighted by molar-refractivity contribution is 6.34. The van der Waals surface area contributed by atoms with Crippen LogP contribution in [-0.2, 0) is 4.79 Å². The number of halogens is 2. The Kier molecular flexibility index (Phi) is 6.25. The lowest BCUT2D eigenvalue weighted by Gasteiger charge is -2.35. The summed E-state index contributed by atoms with van der Waals surface area (Å²) in [7, 11) is 2.10. The smallest absolute Gasteiger partial charge is 0.262 e. The zero-order chi connectivity index (χ0) is 18.5. The Morgan fingerprint density at radius 3 is 2.46 bits per heavy atom. The van der Waals surface area contributed by atoms with Gasteiger partial charge in [-0.2, -0.15) is 0 Å². The van der Waals surface area contributed by atoms with Crippen LogP contribution >= 0.6 is 23.2 Å². The average molecular weight is 394 g/mol.